The number of nitrogen functional groups attached to an aromatic ring is 1. The van der Waals surface area contributed by atoms with Crippen LogP contribution in [0.15, 0.2) is 40.9 Å². The summed E-state index contributed by atoms with van der Waals surface area (Å²) < 4.78 is 32.8. The van der Waals surface area contributed by atoms with E-state index >= 15 is 0 Å². The third-order valence-corrected chi connectivity index (χ3v) is 2.91. The van der Waals surface area contributed by atoms with Gasteiger partial charge in [0.2, 0.25) is 0 Å². The molecule has 0 saturated carbocycles. The summed E-state index contributed by atoms with van der Waals surface area (Å²) in [6, 6.07) is 8.75. The molecule has 5 heteroatoms. The van der Waals surface area contributed by atoms with E-state index in [0.29, 0.717) is 4.47 Å². The predicted molar refractivity (Wildman–Crippen MR) is 69.2 cm³/mol. The van der Waals surface area contributed by atoms with Gasteiger partial charge in [-0.25, -0.2) is 8.78 Å². The zero-order valence-electron chi connectivity index (χ0n) is 9.29. The Morgan fingerprint density at radius 3 is 2.56 bits per heavy atom. The first-order valence-electron chi connectivity index (χ1n) is 5.18. The molecule has 94 valence electrons. The van der Waals surface area contributed by atoms with Gasteiger partial charge in [0.25, 0.3) is 0 Å². The number of anilines is 1. The van der Waals surface area contributed by atoms with Crippen LogP contribution in [0, 0.1) is 11.6 Å². The molecule has 0 spiro atoms. The van der Waals surface area contributed by atoms with Gasteiger partial charge in [-0.2, -0.15) is 0 Å². The third kappa shape index (κ3) is 2.79. The van der Waals surface area contributed by atoms with Crippen LogP contribution in [-0.4, -0.2) is 0 Å². The summed E-state index contributed by atoms with van der Waals surface area (Å²) in [6.07, 6.45) is 0. The Morgan fingerprint density at radius 2 is 1.89 bits per heavy atom. The molecule has 0 aromatic heterocycles. The molecule has 2 rings (SSSR count). The van der Waals surface area contributed by atoms with Gasteiger partial charge in [0.1, 0.15) is 12.4 Å². The van der Waals surface area contributed by atoms with Crippen molar-refractivity contribution in [3.63, 3.8) is 0 Å². The maximum Gasteiger partial charge on any atom is 0.166 e. The van der Waals surface area contributed by atoms with Gasteiger partial charge in [0.15, 0.2) is 11.6 Å². The Hall–Kier alpha value is -1.62. The number of benzene rings is 2. The lowest BCUT2D eigenvalue weighted by Gasteiger charge is -2.10. The van der Waals surface area contributed by atoms with Crippen molar-refractivity contribution >= 4 is 21.6 Å². The summed E-state index contributed by atoms with van der Waals surface area (Å²) in [6.45, 7) is -0.114. The first-order chi connectivity index (χ1) is 8.58. The molecule has 0 aliphatic heterocycles. The molecule has 0 amide bonds. The SMILES string of the molecule is Nc1cccc(F)c1COc1ccc(Br)cc1F. The Labute approximate surface area is 112 Å². The van der Waals surface area contributed by atoms with Crippen LogP contribution < -0.4 is 10.5 Å². The lowest BCUT2D eigenvalue weighted by molar-refractivity contribution is 0.285. The fraction of sp³-hybridized carbons (Fsp3) is 0.0769. The summed E-state index contributed by atoms with van der Waals surface area (Å²) >= 11 is 3.14. The highest BCUT2D eigenvalue weighted by Gasteiger charge is 2.09. The summed E-state index contributed by atoms with van der Waals surface area (Å²) in [5.41, 5.74) is 6.13. The number of hydrogen-bond acceptors (Lipinski definition) is 2. The van der Waals surface area contributed by atoms with Gasteiger partial charge in [0, 0.05) is 15.7 Å². The number of rotatable bonds is 3. The second-order valence-electron chi connectivity index (χ2n) is 3.67. The molecule has 2 nitrogen and oxygen atoms in total. The Balaban J connectivity index is 2.16. The van der Waals surface area contributed by atoms with Crippen LogP contribution in [0.25, 0.3) is 0 Å². The van der Waals surface area contributed by atoms with Crippen LogP contribution >= 0.6 is 15.9 Å². The van der Waals surface area contributed by atoms with Crippen LogP contribution in [0.5, 0.6) is 5.75 Å². The molecule has 18 heavy (non-hydrogen) atoms. The van der Waals surface area contributed by atoms with Crippen LogP contribution in [-0.2, 0) is 6.61 Å². The zero-order chi connectivity index (χ0) is 13.1. The largest absolute Gasteiger partial charge is 0.486 e. The van der Waals surface area contributed by atoms with Crippen molar-refractivity contribution in [3.05, 3.63) is 58.1 Å². The molecule has 2 N–H and O–H groups in total. The Kier molecular flexibility index (Phi) is 3.81. The maximum atomic E-state index is 13.5. The van der Waals surface area contributed by atoms with Crippen molar-refractivity contribution in [1.29, 1.82) is 0 Å². The van der Waals surface area contributed by atoms with Gasteiger partial charge in [-0.3, -0.25) is 0 Å². The average molecular weight is 314 g/mol. The van der Waals surface area contributed by atoms with Gasteiger partial charge in [0.05, 0.1) is 0 Å². The second kappa shape index (κ2) is 5.35. The average Bonchev–Trinajstić information content (AvgIpc) is 2.31. The number of ether oxygens (including phenoxy) is 1. The van der Waals surface area contributed by atoms with Gasteiger partial charge >= 0.3 is 0 Å². The van der Waals surface area contributed by atoms with Crippen molar-refractivity contribution in [2.24, 2.45) is 0 Å². The lowest BCUT2D eigenvalue weighted by atomic mass is 10.2. The highest BCUT2D eigenvalue weighted by atomic mass is 79.9. The zero-order valence-corrected chi connectivity index (χ0v) is 10.9. The van der Waals surface area contributed by atoms with E-state index in [1.54, 1.807) is 12.1 Å². The molecule has 0 heterocycles. The van der Waals surface area contributed by atoms with Crippen molar-refractivity contribution in [2.45, 2.75) is 6.61 Å². The molecule has 0 bridgehead atoms. The van der Waals surface area contributed by atoms with E-state index in [9.17, 15) is 8.78 Å². The number of nitrogens with two attached hydrogens (primary N) is 1. The fourth-order valence-electron chi connectivity index (χ4n) is 1.47. The van der Waals surface area contributed by atoms with E-state index in [-0.39, 0.29) is 23.6 Å². The van der Waals surface area contributed by atoms with E-state index in [0.717, 1.165) is 0 Å². The molecular weight excluding hydrogens is 304 g/mol. The summed E-state index contributed by atoms with van der Waals surface area (Å²) in [7, 11) is 0. The maximum absolute atomic E-state index is 13.5. The van der Waals surface area contributed by atoms with Crippen molar-refractivity contribution in [1.82, 2.24) is 0 Å². The standard InChI is InChI=1S/C13H10BrF2NO/c14-8-4-5-13(11(16)6-8)18-7-9-10(15)2-1-3-12(9)17/h1-6H,7,17H2. The van der Waals surface area contributed by atoms with E-state index in [1.165, 1.54) is 24.3 Å². The monoisotopic (exact) mass is 313 g/mol. The first-order valence-corrected chi connectivity index (χ1v) is 5.98. The predicted octanol–water partition coefficient (Wildman–Crippen LogP) is 3.89. The van der Waals surface area contributed by atoms with Crippen LogP contribution in [0.3, 0.4) is 0 Å². The van der Waals surface area contributed by atoms with Crippen molar-refractivity contribution in [2.75, 3.05) is 5.73 Å². The van der Waals surface area contributed by atoms with E-state index in [2.05, 4.69) is 15.9 Å². The third-order valence-electron chi connectivity index (χ3n) is 2.42. The van der Waals surface area contributed by atoms with Crippen LogP contribution in [0.1, 0.15) is 5.56 Å². The molecule has 0 saturated heterocycles. The first kappa shape index (κ1) is 12.8. The molecule has 0 aliphatic carbocycles. The molecule has 0 atom stereocenters. The van der Waals surface area contributed by atoms with E-state index in [1.807, 2.05) is 0 Å². The summed E-state index contributed by atoms with van der Waals surface area (Å²) in [5, 5.41) is 0. The van der Waals surface area contributed by atoms with Crippen molar-refractivity contribution < 1.29 is 13.5 Å². The van der Waals surface area contributed by atoms with Crippen LogP contribution in [0.4, 0.5) is 14.5 Å². The van der Waals surface area contributed by atoms with Gasteiger partial charge in [-0.05, 0) is 30.3 Å². The van der Waals surface area contributed by atoms with Crippen molar-refractivity contribution in [3.8, 4) is 5.75 Å². The minimum Gasteiger partial charge on any atom is -0.486 e. The second-order valence-corrected chi connectivity index (χ2v) is 4.59. The molecule has 0 radical (unpaired) electrons. The molecule has 2 aromatic rings. The molecule has 0 unspecified atom stereocenters. The Bertz CT molecular complexity index is 555. The lowest BCUT2D eigenvalue weighted by Crippen LogP contribution is -2.04. The normalized spacial score (nSPS) is 10.4. The minimum absolute atomic E-state index is 0.0563. The topological polar surface area (TPSA) is 35.2 Å². The number of halogens is 3. The number of hydrogen-bond donors (Lipinski definition) is 1. The van der Waals surface area contributed by atoms with Crippen LogP contribution in [0.2, 0.25) is 0 Å². The summed E-state index contributed by atoms with van der Waals surface area (Å²) in [5.74, 6) is -0.923. The molecule has 2 aromatic carbocycles. The van der Waals surface area contributed by atoms with Gasteiger partial charge in [-0.15, -0.1) is 0 Å². The smallest absolute Gasteiger partial charge is 0.166 e. The van der Waals surface area contributed by atoms with Gasteiger partial charge in [-0.1, -0.05) is 22.0 Å². The summed E-state index contributed by atoms with van der Waals surface area (Å²) in [4.78, 5) is 0. The molecular formula is C13H10BrF2NO. The van der Waals surface area contributed by atoms with E-state index < -0.39 is 11.6 Å². The minimum atomic E-state index is -0.515. The van der Waals surface area contributed by atoms with E-state index in [4.69, 9.17) is 10.5 Å². The van der Waals surface area contributed by atoms with Gasteiger partial charge < -0.3 is 10.5 Å². The molecule has 0 fully saturated rings. The highest BCUT2D eigenvalue weighted by molar-refractivity contribution is 9.10. The Morgan fingerprint density at radius 1 is 1.11 bits per heavy atom. The fourth-order valence-corrected chi connectivity index (χ4v) is 1.80. The highest BCUT2D eigenvalue weighted by Crippen LogP contribution is 2.24. The molecule has 0 aliphatic rings. The quantitative estimate of drug-likeness (QED) is 0.873.